The Hall–Kier alpha value is -0.860. The maximum Gasteiger partial charge on any atom is 0.410 e. The molecule has 24 heavy (non-hydrogen) atoms. The fourth-order valence-corrected chi connectivity index (χ4v) is 6.84. The van der Waals surface area contributed by atoms with E-state index in [0.29, 0.717) is 25.8 Å². The van der Waals surface area contributed by atoms with Gasteiger partial charge < -0.3 is 20.5 Å². The Kier molecular flexibility index (Phi) is 3.98. The van der Waals surface area contributed by atoms with E-state index in [1.54, 1.807) is 20.8 Å². The predicted molar refractivity (Wildman–Crippen MR) is 89.3 cm³/mol. The Balaban J connectivity index is 1.75. The van der Waals surface area contributed by atoms with E-state index in [9.17, 15) is 18.3 Å². The third-order valence-corrected chi connectivity index (χ3v) is 8.41. The fourth-order valence-electron chi connectivity index (χ4n) is 4.35. The number of nitrogens with zero attached hydrogens (tertiary/aromatic N) is 1. The maximum absolute atomic E-state index is 12.3. The summed E-state index contributed by atoms with van der Waals surface area (Å²) in [6.07, 6.45) is 1.55. The van der Waals surface area contributed by atoms with Crippen molar-refractivity contribution >= 4 is 15.9 Å². The number of carbonyl (C=O) groups excluding carboxylic acids is 1. The topological polar surface area (TPSA) is 110 Å². The quantitative estimate of drug-likeness (QED) is 0.715. The summed E-state index contributed by atoms with van der Waals surface area (Å²) < 4.78 is 29.9. The first kappa shape index (κ1) is 17.9. The molecule has 0 saturated carbocycles. The van der Waals surface area contributed by atoms with E-state index in [2.05, 4.69) is 0 Å². The van der Waals surface area contributed by atoms with Crippen LogP contribution in [-0.2, 0) is 14.6 Å². The smallest absolute Gasteiger partial charge is 0.410 e. The number of sulfone groups is 1. The number of aliphatic hydroxyl groups is 1. The van der Waals surface area contributed by atoms with Gasteiger partial charge in [0.05, 0.1) is 21.6 Å². The lowest BCUT2D eigenvalue weighted by molar-refractivity contribution is -0.0478. The molecule has 0 aromatic rings. The lowest BCUT2D eigenvalue weighted by Crippen LogP contribution is -2.66. The Labute approximate surface area is 143 Å². The van der Waals surface area contributed by atoms with Crippen molar-refractivity contribution in [3.05, 3.63) is 0 Å². The first-order chi connectivity index (χ1) is 10.9. The van der Waals surface area contributed by atoms with Gasteiger partial charge in [-0.2, -0.15) is 0 Å². The van der Waals surface area contributed by atoms with Crippen LogP contribution in [0.3, 0.4) is 0 Å². The molecule has 0 aliphatic carbocycles. The van der Waals surface area contributed by atoms with Crippen LogP contribution in [0.5, 0.6) is 0 Å². The molecule has 3 aliphatic rings. The number of amides is 1. The number of rotatable bonds is 1. The highest BCUT2D eigenvalue weighted by Crippen LogP contribution is 2.48. The van der Waals surface area contributed by atoms with Crippen LogP contribution in [0, 0.1) is 0 Å². The van der Waals surface area contributed by atoms with Crippen molar-refractivity contribution in [2.75, 3.05) is 13.1 Å². The lowest BCUT2D eigenvalue weighted by atomic mass is 9.74. The molecule has 3 aliphatic heterocycles. The summed E-state index contributed by atoms with van der Waals surface area (Å²) in [7, 11) is -3.13. The average Bonchev–Trinajstić information content (AvgIpc) is 2.85. The first-order valence-electron chi connectivity index (χ1n) is 8.58. The highest BCUT2D eigenvalue weighted by Gasteiger charge is 2.61. The number of likely N-dealkylation sites (tertiary alicyclic amines) is 1. The zero-order chi connectivity index (χ0) is 18.0. The summed E-state index contributed by atoms with van der Waals surface area (Å²) in [5, 5.41) is 10.2. The normalized spacial score (nSPS) is 41.5. The Bertz CT molecular complexity index is 621. The molecule has 3 N–H and O–H groups in total. The van der Waals surface area contributed by atoms with Crippen molar-refractivity contribution in [2.45, 2.75) is 80.1 Å². The number of nitrogens with two attached hydrogens (primary N) is 1. The summed E-state index contributed by atoms with van der Waals surface area (Å²) in [6, 6.07) is 0. The molecule has 3 heterocycles. The van der Waals surface area contributed by atoms with Crippen LogP contribution in [0.2, 0.25) is 0 Å². The van der Waals surface area contributed by atoms with Crippen LogP contribution < -0.4 is 5.73 Å². The molecule has 3 saturated heterocycles. The highest BCUT2D eigenvalue weighted by atomic mass is 32.2. The monoisotopic (exact) mass is 360 g/mol. The molecular weight excluding hydrogens is 332 g/mol. The summed E-state index contributed by atoms with van der Waals surface area (Å²) in [4.78, 5) is 13.8. The van der Waals surface area contributed by atoms with Gasteiger partial charge in [-0.25, -0.2) is 13.2 Å². The second-order valence-corrected chi connectivity index (χ2v) is 11.2. The summed E-state index contributed by atoms with van der Waals surface area (Å²) in [5.74, 6) is 0. The van der Waals surface area contributed by atoms with Gasteiger partial charge in [0.25, 0.3) is 0 Å². The molecule has 8 heteroatoms. The fraction of sp³-hybridized carbons (Fsp3) is 0.938. The van der Waals surface area contributed by atoms with Crippen molar-refractivity contribution in [1.82, 2.24) is 4.90 Å². The molecule has 0 aromatic heterocycles. The maximum atomic E-state index is 12.3. The minimum Gasteiger partial charge on any atom is -0.444 e. The van der Waals surface area contributed by atoms with Gasteiger partial charge in [0, 0.05) is 13.1 Å². The first-order valence-corrected chi connectivity index (χ1v) is 10.2. The number of carbonyl (C=O) groups is 1. The SMILES string of the molecule is CC(C)(C)OC(=O)N1CCC(N)(C2(O)CC3CCC(C2)S3(=O)=O)C1. The highest BCUT2D eigenvalue weighted by molar-refractivity contribution is 7.93. The van der Waals surface area contributed by atoms with Gasteiger partial charge in [-0.05, 0) is 52.9 Å². The standard InChI is InChI=1S/C16H28N2O5S/c1-14(2,3)23-13(19)18-7-6-15(17,10-18)16(20)8-11-4-5-12(9-16)24(11,21)22/h11-12,20H,4-10,17H2,1-3H3. The number of hydrogen-bond acceptors (Lipinski definition) is 6. The number of fused-ring (bicyclic) bond motifs is 2. The Morgan fingerprint density at radius 1 is 1.25 bits per heavy atom. The van der Waals surface area contributed by atoms with E-state index in [4.69, 9.17) is 10.5 Å². The van der Waals surface area contributed by atoms with Gasteiger partial charge in [-0.1, -0.05) is 0 Å². The van der Waals surface area contributed by atoms with E-state index in [1.807, 2.05) is 0 Å². The van der Waals surface area contributed by atoms with Crippen LogP contribution in [0.15, 0.2) is 0 Å². The minimum absolute atomic E-state index is 0.171. The molecular formula is C16H28N2O5S. The molecule has 3 unspecified atom stereocenters. The lowest BCUT2D eigenvalue weighted by Gasteiger charge is -2.46. The molecule has 7 nitrogen and oxygen atoms in total. The van der Waals surface area contributed by atoms with Crippen LogP contribution in [0.4, 0.5) is 4.79 Å². The zero-order valence-corrected chi connectivity index (χ0v) is 15.4. The van der Waals surface area contributed by atoms with Gasteiger partial charge in [-0.3, -0.25) is 0 Å². The van der Waals surface area contributed by atoms with Crippen LogP contribution in [0.1, 0.15) is 52.9 Å². The van der Waals surface area contributed by atoms with Crippen molar-refractivity contribution in [1.29, 1.82) is 0 Å². The Morgan fingerprint density at radius 2 is 1.79 bits per heavy atom. The van der Waals surface area contributed by atoms with E-state index in [-0.39, 0.29) is 19.4 Å². The predicted octanol–water partition coefficient (Wildman–Crippen LogP) is 0.795. The van der Waals surface area contributed by atoms with Gasteiger partial charge in [-0.15, -0.1) is 0 Å². The van der Waals surface area contributed by atoms with E-state index in [1.165, 1.54) is 4.90 Å². The molecule has 3 atom stereocenters. The Morgan fingerprint density at radius 3 is 2.29 bits per heavy atom. The van der Waals surface area contributed by atoms with Gasteiger partial charge in [0.1, 0.15) is 5.60 Å². The average molecular weight is 360 g/mol. The van der Waals surface area contributed by atoms with Crippen molar-refractivity contribution < 1.29 is 23.1 Å². The molecule has 0 aromatic carbocycles. The van der Waals surface area contributed by atoms with Crippen molar-refractivity contribution in [3.63, 3.8) is 0 Å². The van der Waals surface area contributed by atoms with Crippen LogP contribution in [-0.4, -0.2) is 64.8 Å². The van der Waals surface area contributed by atoms with Gasteiger partial charge >= 0.3 is 6.09 Å². The van der Waals surface area contributed by atoms with Gasteiger partial charge in [0.15, 0.2) is 9.84 Å². The molecule has 3 rings (SSSR count). The molecule has 138 valence electrons. The van der Waals surface area contributed by atoms with Crippen LogP contribution in [0.25, 0.3) is 0 Å². The third kappa shape index (κ3) is 2.82. The summed E-state index contributed by atoms with van der Waals surface area (Å²) >= 11 is 0. The number of hydrogen-bond donors (Lipinski definition) is 2. The largest absolute Gasteiger partial charge is 0.444 e. The van der Waals surface area contributed by atoms with Crippen molar-refractivity contribution in [3.8, 4) is 0 Å². The third-order valence-electron chi connectivity index (χ3n) is 5.75. The molecule has 0 spiro atoms. The molecule has 0 radical (unpaired) electrons. The summed E-state index contributed by atoms with van der Waals surface area (Å²) in [6.45, 7) is 6.00. The summed E-state index contributed by atoms with van der Waals surface area (Å²) in [5.41, 5.74) is 3.68. The second kappa shape index (κ2) is 5.32. The second-order valence-electron chi connectivity index (χ2n) is 8.66. The van der Waals surface area contributed by atoms with Crippen LogP contribution >= 0.6 is 0 Å². The van der Waals surface area contributed by atoms with Crippen molar-refractivity contribution in [2.24, 2.45) is 5.73 Å². The van der Waals surface area contributed by atoms with E-state index >= 15 is 0 Å². The molecule has 2 bridgehead atoms. The van der Waals surface area contributed by atoms with Gasteiger partial charge in [0.2, 0.25) is 0 Å². The zero-order valence-electron chi connectivity index (χ0n) is 14.6. The minimum atomic E-state index is -3.13. The molecule has 1 amide bonds. The van der Waals surface area contributed by atoms with E-state index < -0.39 is 43.2 Å². The molecule has 3 fully saturated rings. The number of ether oxygens (including phenoxy) is 1. The van der Waals surface area contributed by atoms with E-state index in [0.717, 1.165) is 0 Å².